The van der Waals surface area contributed by atoms with Crippen LogP contribution in [0.25, 0.3) is 5.69 Å². The number of rotatable bonds is 4. The zero-order chi connectivity index (χ0) is 17.1. The maximum atomic E-state index is 12.3. The molecule has 24 heavy (non-hydrogen) atoms. The summed E-state index contributed by atoms with van der Waals surface area (Å²) in [6.45, 7) is 1.64. The van der Waals surface area contributed by atoms with Crippen molar-refractivity contribution in [2.45, 2.75) is 6.92 Å². The highest BCUT2D eigenvalue weighted by molar-refractivity contribution is 5.49. The van der Waals surface area contributed by atoms with E-state index in [0.717, 1.165) is 5.69 Å². The van der Waals surface area contributed by atoms with Crippen molar-refractivity contribution in [1.82, 2.24) is 14.5 Å². The van der Waals surface area contributed by atoms with E-state index in [0.29, 0.717) is 11.5 Å². The van der Waals surface area contributed by atoms with Crippen molar-refractivity contribution in [3.63, 3.8) is 0 Å². The van der Waals surface area contributed by atoms with E-state index in [1.54, 1.807) is 6.92 Å². The second-order valence-corrected chi connectivity index (χ2v) is 5.00. The van der Waals surface area contributed by atoms with Crippen LogP contribution >= 0.6 is 0 Å². The fourth-order valence-corrected chi connectivity index (χ4v) is 2.16. The summed E-state index contributed by atoms with van der Waals surface area (Å²) in [5, 5.41) is 18.9. The van der Waals surface area contributed by atoms with Crippen molar-refractivity contribution in [3.05, 3.63) is 64.8 Å². The molecule has 0 unspecified atom stereocenters. The van der Waals surface area contributed by atoms with E-state index in [-0.39, 0.29) is 17.4 Å². The number of phenolic OH excluding ortho intramolecular Hbond substituents is 2. The second-order valence-electron chi connectivity index (χ2n) is 5.00. The van der Waals surface area contributed by atoms with Gasteiger partial charge >= 0.3 is 5.69 Å². The lowest BCUT2D eigenvalue weighted by Crippen LogP contribution is -2.27. The molecule has 4 N–H and O–H groups in total. The van der Waals surface area contributed by atoms with Gasteiger partial charge in [-0.2, -0.15) is 9.97 Å². The van der Waals surface area contributed by atoms with Crippen LogP contribution in [-0.4, -0.2) is 24.7 Å². The number of aromatic hydroxyl groups is 2. The Morgan fingerprint density at radius 1 is 0.958 bits per heavy atom. The second kappa shape index (κ2) is 6.29. The predicted molar refractivity (Wildman–Crippen MR) is 89.4 cm³/mol. The third-order valence-corrected chi connectivity index (χ3v) is 3.29. The summed E-state index contributed by atoms with van der Waals surface area (Å²) in [5.41, 5.74) is 6.25. The number of hydrogen-bond donors (Lipinski definition) is 4. The number of para-hydroxylation sites is 1. The summed E-state index contributed by atoms with van der Waals surface area (Å²) in [6, 6.07) is 13.4. The monoisotopic (exact) mass is 325 g/mol. The molecule has 0 amide bonds. The molecular formula is C16H15N5O3. The summed E-state index contributed by atoms with van der Waals surface area (Å²) in [6.07, 6.45) is 0. The van der Waals surface area contributed by atoms with Gasteiger partial charge in [-0.3, -0.25) is 10.9 Å². The van der Waals surface area contributed by atoms with Gasteiger partial charge in [0.1, 0.15) is 5.82 Å². The van der Waals surface area contributed by atoms with E-state index in [1.807, 2.05) is 30.3 Å². The Hall–Kier alpha value is -3.55. The summed E-state index contributed by atoms with van der Waals surface area (Å²) >= 11 is 0. The van der Waals surface area contributed by atoms with Crippen LogP contribution in [-0.2, 0) is 0 Å². The Morgan fingerprint density at radius 2 is 1.71 bits per heavy atom. The summed E-state index contributed by atoms with van der Waals surface area (Å²) in [7, 11) is 0. The first-order valence-electron chi connectivity index (χ1n) is 7.12. The van der Waals surface area contributed by atoms with Gasteiger partial charge in [0.15, 0.2) is 11.5 Å². The number of benzene rings is 2. The quantitative estimate of drug-likeness (QED) is 0.427. The van der Waals surface area contributed by atoms with Gasteiger partial charge in [0.2, 0.25) is 5.95 Å². The van der Waals surface area contributed by atoms with Gasteiger partial charge in [-0.1, -0.05) is 18.2 Å². The maximum absolute atomic E-state index is 12.3. The molecular weight excluding hydrogens is 310 g/mol. The average Bonchev–Trinajstić information content (AvgIpc) is 2.56. The maximum Gasteiger partial charge on any atom is 0.356 e. The molecule has 3 rings (SSSR count). The molecule has 0 saturated carbocycles. The van der Waals surface area contributed by atoms with Gasteiger partial charge in [0, 0.05) is 6.07 Å². The Morgan fingerprint density at radius 3 is 2.38 bits per heavy atom. The fourth-order valence-electron chi connectivity index (χ4n) is 2.16. The predicted octanol–water partition coefficient (Wildman–Crippen LogP) is 1.79. The highest BCUT2D eigenvalue weighted by atomic mass is 16.3. The highest BCUT2D eigenvalue weighted by Gasteiger charge is 2.10. The van der Waals surface area contributed by atoms with Crippen LogP contribution in [0.1, 0.15) is 5.82 Å². The van der Waals surface area contributed by atoms with Crippen LogP contribution in [0.4, 0.5) is 11.6 Å². The van der Waals surface area contributed by atoms with Crippen molar-refractivity contribution in [1.29, 1.82) is 0 Å². The molecule has 0 bridgehead atoms. The standard InChI is InChI=1S/C16H15N5O3/c1-10-17-15(20-19-11-5-3-2-4-6-11)18-16(24)21(10)12-7-8-13(22)14(23)9-12/h2-9,19,22-23H,1H3,(H,18,20,24). The van der Waals surface area contributed by atoms with Gasteiger partial charge in [-0.15, -0.1) is 0 Å². The van der Waals surface area contributed by atoms with Crippen molar-refractivity contribution in [3.8, 4) is 17.2 Å². The van der Waals surface area contributed by atoms with E-state index in [1.165, 1.54) is 22.8 Å². The smallest absolute Gasteiger partial charge is 0.356 e. The number of hydrogen-bond acceptors (Lipinski definition) is 7. The molecule has 2 aromatic carbocycles. The van der Waals surface area contributed by atoms with Crippen LogP contribution in [0, 0.1) is 6.92 Å². The van der Waals surface area contributed by atoms with Crippen LogP contribution in [0.2, 0.25) is 0 Å². The van der Waals surface area contributed by atoms with Crippen molar-refractivity contribution >= 4 is 11.6 Å². The number of anilines is 2. The van der Waals surface area contributed by atoms with Gasteiger partial charge < -0.3 is 10.2 Å². The Kier molecular flexibility index (Phi) is 4.02. The van der Waals surface area contributed by atoms with Crippen molar-refractivity contribution in [2.24, 2.45) is 0 Å². The van der Waals surface area contributed by atoms with E-state index in [2.05, 4.69) is 20.8 Å². The third kappa shape index (κ3) is 3.12. The first kappa shape index (κ1) is 15.3. The Balaban J connectivity index is 1.88. The molecule has 0 aliphatic heterocycles. The molecule has 0 spiro atoms. The van der Waals surface area contributed by atoms with Crippen LogP contribution in [0.5, 0.6) is 11.5 Å². The van der Waals surface area contributed by atoms with E-state index < -0.39 is 5.69 Å². The molecule has 1 aromatic heterocycles. The number of aryl methyl sites for hydroxylation is 1. The number of hydrazine groups is 1. The summed E-state index contributed by atoms with van der Waals surface area (Å²) < 4.78 is 1.23. The molecule has 8 heteroatoms. The molecule has 8 nitrogen and oxygen atoms in total. The molecule has 0 aliphatic rings. The van der Waals surface area contributed by atoms with Crippen molar-refractivity contribution in [2.75, 3.05) is 10.9 Å². The van der Waals surface area contributed by atoms with E-state index in [4.69, 9.17) is 0 Å². The van der Waals surface area contributed by atoms with Crippen LogP contribution < -0.4 is 16.5 Å². The summed E-state index contributed by atoms with van der Waals surface area (Å²) in [4.78, 5) is 20.3. The first-order valence-corrected chi connectivity index (χ1v) is 7.12. The Labute approximate surface area is 137 Å². The molecule has 0 atom stereocenters. The Bertz CT molecular complexity index is 925. The number of phenols is 2. The first-order chi connectivity index (χ1) is 11.5. The number of nitrogens with one attached hydrogen (secondary N) is 2. The van der Waals surface area contributed by atoms with Crippen molar-refractivity contribution < 1.29 is 10.2 Å². The van der Waals surface area contributed by atoms with E-state index in [9.17, 15) is 15.0 Å². The van der Waals surface area contributed by atoms with Gasteiger partial charge in [0.05, 0.1) is 11.4 Å². The van der Waals surface area contributed by atoms with Gasteiger partial charge in [0.25, 0.3) is 0 Å². The SMILES string of the molecule is Cc1nc(NNc2ccccc2)nc(=O)n1-c1ccc(O)c(O)c1. The minimum absolute atomic E-state index is 0.126. The fraction of sp³-hybridized carbons (Fsp3) is 0.0625. The molecule has 0 aliphatic carbocycles. The molecule has 1 heterocycles. The van der Waals surface area contributed by atoms with Crippen LogP contribution in [0.3, 0.4) is 0 Å². The molecule has 0 saturated heterocycles. The molecule has 0 radical (unpaired) electrons. The molecule has 122 valence electrons. The topological polar surface area (TPSA) is 112 Å². The van der Waals surface area contributed by atoms with E-state index >= 15 is 0 Å². The summed E-state index contributed by atoms with van der Waals surface area (Å²) in [5.74, 6) is -0.0967. The minimum atomic E-state index is -0.565. The third-order valence-electron chi connectivity index (χ3n) is 3.29. The highest BCUT2D eigenvalue weighted by Crippen LogP contribution is 2.26. The largest absolute Gasteiger partial charge is 0.504 e. The lowest BCUT2D eigenvalue weighted by molar-refractivity contribution is 0.403. The zero-order valence-corrected chi connectivity index (χ0v) is 12.8. The van der Waals surface area contributed by atoms with Crippen LogP contribution in [0.15, 0.2) is 53.3 Å². The normalized spacial score (nSPS) is 10.4. The lowest BCUT2D eigenvalue weighted by atomic mass is 10.2. The number of aromatic nitrogens is 3. The molecule has 3 aromatic rings. The molecule has 0 fully saturated rings. The average molecular weight is 325 g/mol. The van der Waals surface area contributed by atoms with Gasteiger partial charge in [-0.25, -0.2) is 9.36 Å². The minimum Gasteiger partial charge on any atom is -0.504 e. The lowest BCUT2D eigenvalue weighted by Gasteiger charge is -2.12. The number of nitrogens with zero attached hydrogens (tertiary/aromatic N) is 3. The van der Waals surface area contributed by atoms with Gasteiger partial charge in [-0.05, 0) is 31.2 Å². The zero-order valence-electron chi connectivity index (χ0n) is 12.8.